The van der Waals surface area contributed by atoms with Gasteiger partial charge < -0.3 is 19.9 Å². The lowest BCUT2D eigenvalue weighted by Crippen LogP contribution is -2.31. The van der Waals surface area contributed by atoms with Crippen LogP contribution >= 0.6 is 0 Å². The number of para-hydroxylation sites is 1. The van der Waals surface area contributed by atoms with Crippen molar-refractivity contribution in [2.24, 2.45) is 0 Å². The maximum absolute atomic E-state index is 13.8. The number of halogens is 1. The SMILES string of the molecule is CC[C@H](CO)NCc1cccc(OC)c1OCc1ccccc1F. The predicted octanol–water partition coefficient (Wildman–Crippen LogP) is 3.27. The zero-order valence-corrected chi connectivity index (χ0v) is 14.1. The molecule has 0 amide bonds. The van der Waals surface area contributed by atoms with Crippen LogP contribution in [0.1, 0.15) is 24.5 Å². The lowest BCUT2D eigenvalue weighted by atomic mass is 10.1. The van der Waals surface area contributed by atoms with Crippen LogP contribution in [0.5, 0.6) is 11.5 Å². The Labute approximate surface area is 142 Å². The fourth-order valence-electron chi connectivity index (χ4n) is 2.38. The summed E-state index contributed by atoms with van der Waals surface area (Å²) in [6, 6.07) is 12.2. The molecular formula is C19H24FNO3. The van der Waals surface area contributed by atoms with Crippen molar-refractivity contribution >= 4 is 0 Å². The Morgan fingerprint density at radius 3 is 2.54 bits per heavy atom. The van der Waals surface area contributed by atoms with Gasteiger partial charge in [0.1, 0.15) is 12.4 Å². The second-order valence-corrected chi connectivity index (χ2v) is 5.50. The molecule has 5 heteroatoms. The Hall–Kier alpha value is -2.11. The van der Waals surface area contributed by atoms with Gasteiger partial charge in [-0.15, -0.1) is 0 Å². The van der Waals surface area contributed by atoms with E-state index in [1.165, 1.54) is 6.07 Å². The highest BCUT2D eigenvalue weighted by Crippen LogP contribution is 2.32. The van der Waals surface area contributed by atoms with Crippen molar-refractivity contribution in [1.82, 2.24) is 5.32 Å². The molecule has 130 valence electrons. The maximum atomic E-state index is 13.8. The Bertz CT molecular complexity index is 644. The molecule has 1 atom stereocenters. The van der Waals surface area contributed by atoms with Crippen LogP contribution in [0.25, 0.3) is 0 Å². The van der Waals surface area contributed by atoms with Crippen LogP contribution in [0.2, 0.25) is 0 Å². The minimum absolute atomic E-state index is 0.0237. The standard InChI is InChI=1S/C19H24FNO3/c1-3-16(12-22)21-11-14-8-6-10-18(23-2)19(14)24-13-15-7-4-5-9-17(15)20/h4-10,16,21-22H,3,11-13H2,1-2H3/t16-/m1/s1. The lowest BCUT2D eigenvalue weighted by Gasteiger charge is -2.18. The van der Waals surface area contributed by atoms with E-state index in [0.29, 0.717) is 23.6 Å². The molecule has 2 aromatic carbocycles. The summed E-state index contributed by atoms with van der Waals surface area (Å²) in [7, 11) is 1.57. The fraction of sp³-hybridized carbons (Fsp3) is 0.368. The number of nitrogens with one attached hydrogen (secondary N) is 1. The Morgan fingerprint density at radius 2 is 1.88 bits per heavy atom. The van der Waals surface area contributed by atoms with E-state index < -0.39 is 0 Å². The van der Waals surface area contributed by atoms with E-state index in [4.69, 9.17) is 9.47 Å². The number of hydrogen-bond donors (Lipinski definition) is 2. The summed E-state index contributed by atoms with van der Waals surface area (Å²) in [4.78, 5) is 0. The first-order valence-electron chi connectivity index (χ1n) is 8.05. The third kappa shape index (κ3) is 4.69. The number of hydrogen-bond acceptors (Lipinski definition) is 4. The van der Waals surface area contributed by atoms with Gasteiger partial charge in [-0.25, -0.2) is 4.39 Å². The highest BCUT2D eigenvalue weighted by atomic mass is 19.1. The first kappa shape index (κ1) is 18.2. The molecule has 4 nitrogen and oxygen atoms in total. The molecule has 2 rings (SSSR count). The average molecular weight is 333 g/mol. The quantitative estimate of drug-likeness (QED) is 0.739. The van der Waals surface area contributed by atoms with E-state index in [0.717, 1.165) is 12.0 Å². The molecule has 0 heterocycles. The summed E-state index contributed by atoms with van der Waals surface area (Å²) >= 11 is 0. The van der Waals surface area contributed by atoms with E-state index in [9.17, 15) is 9.50 Å². The van der Waals surface area contributed by atoms with E-state index in [2.05, 4.69) is 5.32 Å². The van der Waals surface area contributed by atoms with Crippen LogP contribution in [0.15, 0.2) is 42.5 Å². The van der Waals surface area contributed by atoms with Gasteiger partial charge in [0, 0.05) is 23.7 Å². The minimum atomic E-state index is -0.293. The molecule has 2 aromatic rings. The second kappa shape index (κ2) is 9.25. The molecule has 0 saturated carbocycles. The van der Waals surface area contributed by atoms with Gasteiger partial charge in [0.05, 0.1) is 13.7 Å². The number of rotatable bonds is 9. The first-order valence-corrected chi connectivity index (χ1v) is 8.05. The van der Waals surface area contributed by atoms with Crippen molar-refractivity contribution in [2.45, 2.75) is 32.5 Å². The van der Waals surface area contributed by atoms with E-state index in [1.54, 1.807) is 25.3 Å². The molecule has 0 radical (unpaired) electrons. The average Bonchev–Trinajstić information content (AvgIpc) is 2.62. The summed E-state index contributed by atoms with van der Waals surface area (Å²) in [5.41, 5.74) is 1.39. The van der Waals surface area contributed by atoms with Crippen LogP contribution < -0.4 is 14.8 Å². The third-order valence-electron chi connectivity index (χ3n) is 3.90. The summed E-state index contributed by atoms with van der Waals surface area (Å²) in [6.45, 7) is 2.74. The van der Waals surface area contributed by atoms with Gasteiger partial charge in [0.2, 0.25) is 0 Å². The number of benzene rings is 2. The van der Waals surface area contributed by atoms with Crippen molar-refractivity contribution in [3.8, 4) is 11.5 Å². The van der Waals surface area contributed by atoms with Crippen molar-refractivity contribution < 1.29 is 19.0 Å². The normalized spacial score (nSPS) is 12.0. The largest absolute Gasteiger partial charge is 0.493 e. The maximum Gasteiger partial charge on any atom is 0.166 e. The molecule has 24 heavy (non-hydrogen) atoms. The van der Waals surface area contributed by atoms with Crippen LogP contribution in [-0.2, 0) is 13.2 Å². The summed E-state index contributed by atoms with van der Waals surface area (Å²) in [5.74, 6) is 0.893. The third-order valence-corrected chi connectivity index (χ3v) is 3.90. The summed E-state index contributed by atoms with van der Waals surface area (Å²) in [6.07, 6.45) is 0.825. The second-order valence-electron chi connectivity index (χ2n) is 5.50. The van der Waals surface area contributed by atoms with Crippen molar-refractivity contribution in [2.75, 3.05) is 13.7 Å². The summed E-state index contributed by atoms with van der Waals surface area (Å²) in [5, 5.41) is 12.6. The van der Waals surface area contributed by atoms with Gasteiger partial charge in [0.15, 0.2) is 11.5 Å². The molecule has 2 N–H and O–H groups in total. The van der Waals surface area contributed by atoms with Gasteiger partial charge in [-0.2, -0.15) is 0 Å². The molecule has 0 aliphatic heterocycles. The summed E-state index contributed by atoms with van der Waals surface area (Å²) < 4.78 is 25.0. The van der Waals surface area contributed by atoms with Gasteiger partial charge in [-0.1, -0.05) is 37.3 Å². The Kier molecular flexibility index (Phi) is 7.03. The molecular weight excluding hydrogens is 309 g/mol. The van der Waals surface area contributed by atoms with Gasteiger partial charge >= 0.3 is 0 Å². The number of methoxy groups -OCH3 is 1. The Balaban J connectivity index is 2.15. The van der Waals surface area contributed by atoms with Crippen molar-refractivity contribution in [1.29, 1.82) is 0 Å². The van der Waals surface area contributed by atoms with Crippen LogP contribution in [-0.4, -0.2) is 24.9 Å². The van der Waals surface area contributed by atoms with Gasteiger partial charge in [0.25, 0.3) is 0 Å². The predicted molar refractivity (Wildman–Crippen MR) is 91.7 cm³/mol. The highest BCUT2D eigenvalue weighted by Gasteiger charge is 2.13. The minimum Gasteiger partial charge on any atom is -0.493 e. The zero-order chi connectivity index (χ0) is 17.4. The molecule has 0 fully saturated rings. The molecule has 0 saturated heterocycles. The zero-order valence-electron chi connectivity index (χ0n) is 14.1. The molecule has 0 spiro atoms. The number of aliphatic hydroxyl groups is 1. The molecule has 0 unspecified atom stereocenters. The molecule has 0 aromatic heterocycles. The van der Waals surface area contributed by atoms with Crippen LogP contribution in [0.3, 0.4) is 0 Å². The van der Waals surface area contributed by atoms with Crippen LogP contribution in [0.4, 0.5) is 4.39 Å². The number of ether oxygens (including phenoxy) is 2. The molecule has 0 bridgehead atoms. The van der Waals surface area contributed by atoms with Gasteiger partial charge in [-0.3, -0.25) is 0 Å². The first-order chi connectivity index (χ1) is 11.7. The van der Waals surface area contributed by atoms with Crippen LogP contribution in [0, 0.1) is 5.82 Å². The van der Waals surface area contributed by atoms with E-state index in [-0.39, 0.29) is 25.1 Å². The Morgan fingerprint density at radius 1 is 1.12 bits per heavy atom. The topological polar surface area (TPSA) is 50.7 Å². The van der Waals surface area contributed by atoms with Crippen molar-refractivity contribution in [3.05, 3.63) is 59.4 Å². The smallest absolute Gasteiger partial charge is 0.166 e. The molecule has 0 aliphatic carbocycles. The van der Waals surface area contributed by atoms with E-state index >= 15 is 0 Å². The highest BCUT2D eigenvalue weighted by molar-refractivity contribution is 5.46. The molecule has 0 aliphatic rings. The number of aliphatic hydroxyl groups excluding tert-OH is 1. The van der Waals surface area contributed by atoms with Crippen molar-refractivity contribution in [3.63, 3.8) is 0 Å². The monoisotopic (exact) mass is 333 g/mol. The van der Waals surface area contributed by atoms with E-state index in [1.807, 2.05) is 25.1 Å². The fourth-order valence-corrected chi connectivity index (χ4v) is 2.38. The lowest BCUT2D eigenvalue weighted by molar-refractivity contribution is 0.236. The van der Waals surface area contributed by atoms with Gasteiger partial charge in [-0.05, 0) is 18.6 Å².